The Hall–Kier alpha value is -4.10. The second kappa shape index (κ2) is 12.7. The number of hydrogen-bond acceptors (Lipinski definition) is 9. The second-order valence-corrected chi connectivity index (χ2v) is 12.5. The van der Waals surface area contributed by atoms with Gasteiger partial charge in [0.2, 0.25) is 5.95 Å². The van der Waals surface area contributed by atoms with Gasteiger partial charge in [0.15, 0.2) is 5.75 Å². The number of piperazine rings is 1. The van der Waals surface area contributed by atoms with Gasteiger partial charge >= 0.3 is 12.7 Å². The standard InChI is InChI=1S/C30H33Cl2F2N7O4/c1-17-15-39(11-12-40(17)29(43)45-30(2,3)4)22-10-9-18(13-23(22)44-27(33)34)36-28-35-14-19-25(37-28)38(5)16-41(26(19)42)24-20(31)7-6-8-21(24)32/h6-10,13-14,17,27H,11-12,15-16H2,1-5H3,(H,35,36,37)/t17-/m1/s1. The third kappa shape index (κ3) is 7.09. The lowest BCUT2D eigenvalue weighted by atomic mass is 10.1. The predicted octanol–water partition coefficient (Wildman–Crippen LogP) is 6.63. The summed E-state index contributed by atoms with van der Waals surface area (Å²) in [6.07, 6.45) is 0.965. The number of rotatable bonds is 6. The molecule has 0 bridgehead atoms. The highest BCUT2D eigenvalue weighted by Crippen LogP contribution is 2.38. The zero-order valence-electron chi connectivity index (χ0n) is 25.4. The van der Waals surface area contributed by atoms with E-state index in [9.17, 15) is 18.4 Å². The first-order chi connectivity index (χ1) is 21.2. The molecule has 5 rings (SSSR count). The number of alkyl halides is 2. The number of aromatic nitrogens is 2. The molecule has 3 heterocycles. The number of hydrogen-bond donors (Lipinski definition) is 1. The molecule has 1 saturated heterocycles. The summed E-state index contributed by atoms with van der Waals surface area (Å²) in [5.74, 6) is 0.0930. The molecule has 1 fully saturated rings. The van der Waals surface area contributed by atoms with Crippen molar-refractivity contribution in [1.29, 1.82) is 0 Å². The quantitative estimate of drug-likeness (QED) is 0.311. The summed E-state index contributed by atoms with van der Waals surface area (Å²) in [6.45, 7) is 5.46. The lowest BCUT2D eigenvalue weighted by Crippen LogP contribution is -2.55. The van der Waals surface area contributed by atoms with E-state index in [-0.39, 0.29) is 35.9 Å². The average molecular weight is 665 g/mol. The highest BCUT2D eigenvalue weighted by molar-refractivity contribution is 6.40. The summed E-state index contributed by atoms with van der Waals surface area (Å²) in [5.41, 5.74) is 0.836. The molecule has 1 N–H and O–H groups in total. The molecule has 3 aromatic rings. The van der Waals surface area contributed by atoms with Crippen molar-refractivity contribution < 1.29 is 27.8 Å². The molecule has 0 spiro atoms. The lowest BCUT2D eigenvalue weighted by Gasteiger charge is -2.41. The molecule has 2 aliphatic heterocycles. The van der Waals surface area contributed by atoms with Gasteiger partial charge < -0.3 is 29.5 Å². The van der Waals surface area contributed by atoms with Crippen LogP contribution in [0.1, 0.15) is 38.1 Å². The number of para-hydroxylation sites is 1. The third-order valence-electron chi connectivity index (χ3n) is 7.19. The van der Waals surface area contributed by atoms with Gasteiger partial charge in [0, 0.05) is 50.7 Å². The van der Waals surface area contributed by atoms with Gasteiger partial charge in [0.05, 0.1) is 28.1 Å². The Morgan fingerprint density at radius 2 is 1.84 bits per heavy atom. The molecule has 0 saturated carbocycles. The molecular weight excluding hydrogens is 631 g/mol. The minimum absolute atomic E-state index is 0.0505. The number of halogens is 4. The highest BCUT2D eigenvalue weighted by atomic mass is 35.5. The minimum Gasteiger partial charge on any atom is -0.444 e. The molecule has 0 aliphatic carbocycles. The lowest BCUT2D eigenvalue weighted by molar-refractivity contribution is -0.0495. The summed E-state index contributed by atoms with van der Waals surface area (Å²) in [7, 11) is 1.76. The smallest absolute Gasteiger partial charge is 0.410 e. The van der Waals surface area contributed by atoms with Crippen LogP contribution in [-0.2, 0) is 4.74 Å². The van der Waals surface area contributed by atoms with Crippen LogP contribution in [0.5, 0.6) is 5.75 Å². The Balaban J connectivity index is 1.35. The van der Waals surface area contributed by atoms with Gasteiger partial charge in [0.1, 0.15) is 17.0 Å². The van der Waals surface area contributed by atoms with Crippen molar-refractivity contribution >= 4 is 64.0 Å². The summed E-state index contributed by atoms with van der Waals surface area (Å²) in [5, 5.41) is 3.68. The molecule has 0 unspecified atom stereocenters. The van der Waals surface area contributed by atoms with Crippen LogP contribution in [0.25, 0.3) is 0 Å². The van der Waals surface area contributed by atoms with Crippen LogP contribution in [0.3, 0.4) is 0 Å². The zero-order valence-corrected chi connectivity index (χ0v) is 26.9. The number of fused-ring (bicyclic) bond motifs is 1. The Morgan fingerprint density at radius 1 is 1.13 bits per heavy atom. The van der Waals surface area contributed by atoms with E-state index >= 15 is 0 Å². The van der Waals surface area contributed by atoms with Gasteiger partial charge in [-0.05, 0) is 52.0 Å². The molecule has 2 aliphatic rings. The topological polar surface area (TPSA) is 103 Å². The number of nitrogens with one attached hydrogen (secondary N) is 1. The van der Waals surface area contributed by atoms with E-state index in [4.69, 9.17) is 32.7 Å². The van der Waals surface area contributed by atoms with Gasteiger partial charge in [0.25, 0.3) is 5.91 Å². The number of ether oxygens (including phenoxy) is 2. The SMILES string of the molecule is C[C@@H]1CN(c2ccc(Nc3ncc4c(n3)N(C)CN(c3c(Cl)cccc3Cl)C4=O)cc2OC(F)F)CCN1C(=O)OC(C)(C)C. The number of nitrogens with zero attached hydrogens (tertiary/aromatic N) is 6. The maximum Gasteiger partial charge on any atom is 0.410 e. The minimum atomic E-state index is -3.06. The second-order valence-electron chi connectivity index (χ2n) is 11.7. The van der Waals surface area contributed by atoms with E-state index in [0.29, 0.717) is 52.6 Å². The summed E-state index contributed by atoms with van der Waals surface area (Å²) >= 11 is 12.7. The molecule has 0 radical (unpaired) electrons. The number of anilines is 5. The van der Waals surface area contributed by atoms with Crippen LogP contribution in [0.15, 0.2) is 42.6 Å². The van der Waals surface area contributed by atoms with Crippen molar-refractivity contribution in [3.05, 3.63) is 58.2 Å². The molecule has 240 valence electrons. The van der Waals surface area contributed by atoms with Crippen molar-refractivity contribution in [2.75, 3.05) is 53.4 Å². The molecule has 2 aromatic carbocycles. The van der Waals surface area contributed by atoms with Gasteiger partial charge in [-0.25, -0.2) is 9.78 Å². The number of carbonyl (C=O) groups excluding carboxylic acids is 2. The molecule has 2 amide bonds. The fraction of sp³-hybridized carbons (Fsp3) is 0.400. The van der Waals surface area contributed by atoms with Crippen molar-refractivity contribution in [3.8, 4) is 5.75 Å². The van der Waals surface area contributed by atoms with Crippen molar-refractivity contribution in [1.82, 2.24) is 14.9 Å². The van der Waals surface area contributed by atoms with E-state index < -0.39 is 18.3 Å². The first kappa shape index (κ1) is 32.3. The fourth-order valence-electron chi connectivity index (χ4n) is 5.22. The highest BCUT2D eigenvalue weighted by Gasteiger charge is 2.34. The van der Waals surface area contributed by atoms with Crippen LogP contribution < -0.4 is 24.8 Å². The maximum absolute atomic E-state index is 13.5. The average Bonchev–Trinajstić information content (AvgIpc) is 2.94. The van der Waals surface area contributed by atoms with E-state index in [2.05, 4.69) is 15.3 Å². The molecular formula is C30H33Cl2F2N7O4. The molecule has 1 atom stereocenters. The maximum atomic E-state index is 13.5. The van der Waals surface area contributed by atoms with Gasteiger partial charge in [-0.15, -0.1) is 0 Å². The first-order valence-electron chi connectivity index (χ1n) is 14.2. The van der Waals surface area contributed by atoms with E-state index in [1.165, 1.54) is 17.2 Å². The zero-order chi connectivity index (χ0) is 32.6. The summed E-state index contributed by atoms with van der Waals surface area (Å²) < 4.78 is 37.4. The molecule has 15 heteroatoms. The number of benzene rings is 2. The Bertz CT molecular complexity index is 1590. The molecule has 11 nitrogen and oxygen atoms in total. The summed E-state index contributed by atoms with van der Waals surface area (Å²) in [4.78, 5) is 41.5. The van der Waals surface area contributed by atoms with Crippen LogP contribution >= 0.6 is 23.2 Å². The van der Waals surface area contributed by atoms with E-state index in [0.717, 1.165) is 0 Å². The van der Waals surface area contributed by atoms with Crippen LogP contribution in [0.4, 0.5) is 42.4 Å². The normalized spacial score (nSPS) is 17.0. The Labute approximate surface area is 269 Å². The Kier molecular flexibility index (Phi) is 9.13. The molecule has 1 aromatic heterocycles. The van der Waals surface area contributed by atoms with Gasteiger partial charge in [-0.2, -0.15) is 13.8 Å². The van der Waals surface area contributed by atoms with Crippen LogP contribution in [0.2, 0.25) is 10.0 Å². The monoisotopic (exact) mass is 663 g/mol. The fourth-order valence-corrected chi connectivity index (χ4v) is 5.83. The van der Waals surface area contributed by atoms with Gasteiger partial charge in [-0.1, -0.05) is 29.3 Å². The van der Waals surface area contributed by atoms with Gasteiger partial charge in [-0.3, -0.25) is 9.69 Å². The van der Waals surface area contributed by atoms with Crippen molar-refractivity contribution in [3.63, 3.8) is 0 Å². The number of carbonyl (C=O) groups is 2. The Morgan fingerprint density at radius 3 is 2.49 bits per heavy atom. The van der Waals surface area contributed by atoms with E-state index in [1.54, 1.807) is 68.0 Å². The van der Waals surface area contributed by atoms with Crippen LogP contribution in [-0.4, -0.2) is 78.5 Å². The van der Waals surface area contributed by atoms with Crippen molar-refractivity contribution in [2.45, 2.75) is 45.9 Å². The summed E-state index contributed by atoms with van der Waals surface area (Å²) in [6, 6.07) is 9.55. The predicted molar refractivity (Wildman–Crippen MR) is 170 cm³/mol. The largest absolute Gasteiger partial charge is 0.444 e. The molecule has 45 heavy (non-hydrogen) atoms. The number of amides is 2. The van der Waals surface area contributed by atoms with Crippen molar-refractivity contribution in [2.24, 2.45) is 0 Å². The van der Waals surface area contributed by atoms with Crippen LogP contribution in [0, 0.1) is 0 Å². The first-order valence-corrected chi connectivity index (χ1v) is 14.9. The van der Waals surface area contributed by atoms with E-state index in [1.807, 2.05) is 11.8 Å². The third-order valence-corrected chi connectivity index (χ3v) is 7.80.